The molecule has 1 aromatic heterocycles. The SMILES string of the molecule is C[C@H]1CN(c2ncccc2F)CCN1S(C)(=O)=O. The highest BCUT2D eigenvalue weighted by atomic mass is 32.2. The van der Waals surface area contributed by atoms with Crippen LogP contribution >= 0.6 is 0 Å². The van der Waals surface area contributed by atoms with E-state index in [0.717, 1.165) is 0 Å². The van der Waals surface area contributed by atoms with Gasteiger partial charge in [-0.1, -0.05) is 0 Å². The molecule has 0 radical (unpaired) electrons. The molecule has 0 aromatic carbocycles. The highest BCUT2D eigenvalue weighted by molar-refractivity contribution is 7.88. The van der Waals surface area contributed by atoms with Crippen LogP contribution in [0.3, 0.4) is 0 Å². The van der Waals surface area contributed by atoms with Crippen LogP contribution in [-0.4, -0.2) is 49.6 Å². The van der Waals surface area contributed by atoms with Crippen molar-refractivity contribution in [3.63, 3.8) is 0 Å². The summed E-state index contributed by atoms with van der Waals surface area (Å²) in [4.78, 5) is 5.79. The van der Waals surface area contributed by atoms with Crippen molar-refractivity contribution in [3.05, 3.63) is 24.1 Å². The summed E-state index contributed by atoms with van der Waals surface area (Å²) in [6, 6.07) is 2.71. The lowest BCUT2D eigenvalue weighted by molar-refractivity contribution is 0.306. The molecule has 1 saturated heterocycles. The molecule has 0 spiro atoms. The average molecular weight is 273 g/mol. The molecule has 1 atom stereocenters. The molecule has 0 aliphatic carbocycles. The van der Waals surface area contributed by atoms with Gasteiger partial charge in [0.15, 0.2) is 11.6 Å². The highest BCUT2D eigenvalue weighted by Gasteiger charge is 2.31. The zero-order valence-electron chi connectivity index (χ0n) is 10.4. The van der Waals surface area contributed by atoms with E-state index in [4.69, 9.17) is 0 Å². The van der Waals surface area contributed by atoms with Gasteiger partial charge in [0.1, 0.15) is 0 Å². The molecule has 0 N–H and O–H groups in total. The van der Waals surface area contributed by atoms with E-state index in [1.54, 1.807) is 4.90 Å². The van der Waals surface area contributed by atoms with Crippen molar-refractivity contribution in [1.82, 2.24) is 9.29 Å². The summed E-state index contributed by atoms with van der Waals surface area (Å²) in [6.07, 6.45) is 2.73. The summed E-state index contributed by atoms with van der Waals surface area (Å²) in [5.41, 5.74) is 0. The molecular formula is C11H16FN3O2S. The number of hydrogen-bond acceptors (Lipinski definition) is 4. The van der Waals surface area contributed by atoms with Crippen molar-refractivity contribution in [3.8, 4) is 0 Å². The summed E-state index contributed by atoms with van der Waals surface area (Å²) in [6.45, 7) is 3.07. The van der Waals surface area contributed by atoms with E-state index >= 15 is 0 Å². The number of aromatic nitrogens is 1. The standard InChI is InChI=1S/C11H16FN3O2S/c1-9-8-14(6-7-15(9)18(2,16)17)11-10(12)4-3-5-13-11/h3-5,9H,6-8H2,1-2H3/t9-/m0/s1. The first-order valence-corrected chi connectivity index (χ1v) is 7.56. The molecular weight excluding hydrogens is 257 g/mol. The van der Waals surface area contributed by atoms with Gasteiger partial charge in [-0.3, -0.25) is 0 Å². The molecule has 100 valence electrons. The van der Waals surface area contributed by atoms with Gasteiger partial charge in [-0.2, -0.15) is 4.31 Å². The van der Waals surface area contributed by atoms with Crippen molar-refractivity contribution < 1.29 is 12.8 Å². The van der Waals surface area contributed by atoms with Gasteiger partial charge in [-0.05, 0) is 19.1 Å². The minimum Gasteiger partial charge on any atom is -0.351 e. The van der Waals surface area contributed by atoms with Crippen molar-refractivity contribution in [2.75, 3.05) is 30.8 Å². The van der Waals surface area contributed by atoms with E-state index in [2.05, 4.69) is 4.98 Å². The highest BCUT2D eigenvalue weighted by Crippen LogP contribution is 2.20. The predicted molar refractivity (Wildman–Crippen MR) is 67.4 cm³/mol. The Hall–Kier alpha value is -1.21. The normalized spacial score (nSPS) is 22.2. The van der Waals surface area contributed by atoms with Crippen LogP contribution in [0.15, 0.2) is 18.3 Å². The quantitative estimate of drug-likeness (QED) is 0.795. The smallest absolute Gasteiger partial charge is 0.211 e. The van der Waals surface area contributed by atoms with E-state index in [1.807, 2.05) is 6.92 Å². The van der Waals surface area contributed by atoms with Gasteiger partial charge in [-0.15, -0.1) is 0 Å². The molecule has 2 heterocycles. The predicted octanol–water partition coefficient (Wildman–Crippen LogP) is 0.691. The molecule has 1 aromatic rings. The second-order valence-corrected chi connectivity index (χ2v) is 6.41. The molecule has 1 fully saturated rings. The van der Waals surface area contributed by atoms with Crippen molar-refractivity contribution in [2.24, 2.45) is 0 Å². The number of hydrogen-bond donors (Lipinski definition) is 0. The topological polar surface area (TPSA) is 53.5 Å². The van der Waals surface area contributed by atoms with E-state index in [-0.39, 0.29) is 17.7 Å². The Labute approximate surface area is 106 Å². The number of sulfonamides is 1. The van der Waals surface area contributed by atoms with E-state index < -0.39 is 10.0 Å². The van der Waals surface area contributed by atoms with Crippen LogP contribution in [-0.2, 0) is 10.0 Å². The molecule has 0 saturated carbocycles. The first-order chi connectivity index (χ1) is 8.39. The van der Waals surface area contributed by atoms with Crippen molar-refractivity contribution >= 4 is 15.8 Å². The van der Waals surface area contributed by atoms with Gasteiger partial charge in [-0.25, -0.2) is 17.8 Å². The van der Waals surface area contributed by atoms with Crippen LogP contribution in [0.5, 0.6) is 0 Å². The largest absolute Gasteiger partial charge is 0.351 e. The Morgan fingerprint density at radius 1 is 1.44 bits per heavy atom. The third-order valence-corrected chi connectivity index (χ3v) is 4.43. The number of rotatable bonds is 2. The summed E-state index contributed by atoms with van der Waals surface area (Å²) < 4.78 is 38.1. The van der Waals surface area contributed by atoms with Crippen LogP contribution in [0.1, 0.15) is 6.92 Å². The Balaban J connectivity index is 2.16. The second kappa shape index (κ2) is 4.81. The van der Waals surface area contributed by atoms with Crippen LogP contribution in [0.4, 0.5) is 10.2 Å². The Bertz CT molecular complexity index is 535. The van der Waals surface area contributed by atoms with E-state index in [0.29, 0.717) is 19.6 Å². The molecule has 1 aliphatic heterocycles. The molecule has 0 bridgehead atoms. The number of anilines is 1. The van der Waals surface area contributed by atoms with E-state index in [9.17, 15) is 12.8 Å². The maximum Gasteiger partial charge on any atom is 0.211 e. The fourth-order valence-corrected chi connectivity index (χ4v) is 3.37. The molecule has 18 heavy (non-hydrogen) atoms. The van der Waals surface area contributed by atoms with Gasteiger partial charge in [0, 0.05) is 31.9 Å². The third-order valence-electron chi connectivity index (χ3n) is 3.03. The van der Waals surface area contributed by atoms with Gasteiger partial charge in [0.05, 0.1) is 6.26 Å². The van der Waals surface area contributed by atoms with Crippen LogP contribution < -0.4 is 4.90 Å². The number of nitrogens with zero attached hydrogens (tertiary/aromatic N) is 3. The first-order valence-electron chi connectivity index (χ1n) is 5.72. The van der Waals surface area contributed by atoms with Crippen LogP contribution in [0.25, 0.3) is 0 Å². The number of piperazine rings is 1. The van der Waals surface area contributed by atoms with Crippen molar-refractivity contribution in [2.45, 2.75) is 13.0 Å². The summed E-state index contributed by atoms with van der Waals surface area (Å²) in [5.74, 6) is -0.0880. The fraction of sp³-hybridized carbons (Fsp3) is 0.545. The maximum absolute atomic E-state index is 13.6. The Morgan fingerprint density at radius 2 is 2.17 bits per heavy atom. The fourth-order valence-electron chi connectivity index (χ4n) is 2.24. The zero-order valence-corrected chi connectivity index (χ0v) is 11.2. The summed E-state index contributed by atoms with van der Waals surface area (Å²) in [7, 11) is -3.20. The molecule has 7 heteroatoms. The lowest BCUT2D eigenvalue weighted by Gasteiger charge is -2.38. The van der Waals surface area contributed by atoms with Gasteiger partial charge < -0.3 is 4.90 Å². The molecule has 2 rings (SSSR count). The Kier molecular flexibility index (Phi) is 3.54. The lowest BCUT2D eigenvalue weighted by atomic mass is 10.2. The molecule has 5 nitrogen and oxygen atoms in total. The first kappa shape index (κ1) is 13.2. The van der Waals surface area contributed by atoms with Gasteiger partial charge in [0.25, 0.3) is 0 Å². The zero-order chi connectivity index (χ0) is 13.3. The minimum absolute atomic E-state index is 0.185. The maximum atomic E-state index is 13.6. The Morgan fingerprint density at radius 3 is 2.72 bits per heavy atom. The monoisotopic (exact) mass is 273 g/mol. The summed E-state index contributed by atoms with van der Waals surface area (Å²) in [5, 5.41) is 0. The summed E-state index contributed by atoms with van der Waals surface area (Å²) >= 11 is 0. The van der Waals surface area contributed by atoms with Crippen molar-refractivity contribution in [1.29, 1.82) is 0 Å². The number of pyridine rings is 1. The number of halogens is 1. The van der Waals surface area contributed by atoms with Crippen LogP contribution in [0, 0.1) is 5.82 Å². The van der Waals surface area contributed by atoms with E-state index in [1.165, 1.54) is 28.9 Å². The average Bonchev–Trinajstić information content (AvgIpc) is 2.27. The van der Waals surface area contributed by atoms with Gasteiger partial charge in [0.2, 0.25) is 10.0 Å². The third kappa shape index (κ3) is 2.62. The minimum atomic E-state index is -3.20. The molecule has 0 amide bonds. The molecule has 0 unspecified atom stereocenters. The van der Waals surface area contributed by atoms with Gasteiger partial charge >= 0.3 is 0 Å². The molecule has 1 aliphatic rings. The van der Waals surface area contributed by atoms with Crippen LogP contribution in [0.2, 0.25) is 0 Å². The second-order valence-electron chi connectivity index (χ2n) is 4.48. The lowest BCUT2D eigenvalue weighted by Crippen LogP contribution is -2.54.